The summed E-state index contributed by atoms with van der Waals surface area (Å²) in [6.07, 6.45) is 0. The van der Waals surface area contributed by atoms with Gasteiger partial charge in [0.25, 0.3) is 0 Å². The molecule has 1 aromatic rings. The number of carbonyl (C=O) groups is 1. The van der Waals surface area contributed by atoms with Gasteiger partial charge in [0.15, 0.2) is 6.61 Å². The van der Waals surface area contributed by atoms with E-state index in [1.54, 1.807) is 14.0 Å². The molecular weight excluding hydrogens is 326 g/mol. The lowest BCUT2D eigenvalue weighted by atomic mass is 10.2. The van der Waals surface area contributed by atoms with Crippen LogP contribution in [0.4, 0.5) is 0 Å². The van der Waals surface area contributed by atoms with Crippen LogP contribution in [-0.2, 0) is 20.8 Å². The maximum Gasteiger partial charge on any atom is 0.344 e. The van der Waals surface area contributed by atoms with E-state index in [4.69, 9.17) is 14.2 Å². The van der Waals surface area contributed by atoms with Crippen molar-refractivity contribution in [2.75, 3.05) is 33.5 Å². The zero-order valence-electron chi connectivity index (χ0n) is 11.8. The molecule has 5 nitrogen and oxygen atoms in total. The zero-order valence-corrected chi connectivity index (χ0v) is 13.4. The molecular formula is C14H20BrNO4. The highest BCUT2D eigenvalue weighted by Gasteiger charge is 2.06. The van der Waals surface area contributed by atoms with Crippen LogP contribution in [0.1, 0.15) is 12.5 Å². The molecule has 0 fully saturated rings. The molecule has 0 amide bonds. The molecule has 0 saturated carbocycles. The maximum atomic E-state index is 11.2. The van der Waals surface area contributed by atoms with E-state index < -0.39 is 0 Å². The third-order valence-electron chi connectivity index (χ3n) is 2.48. The molecule has 0 aliphatic heterocycles. The molecule has 0 aliphatic rings. The molecule has 0 unspecified atom stereocenters. The summed E-state index contributed by atoms with van der Waals surface area (Å²) >= 11 is 3.49. The number of nitrogens with one attached hydrogen (secondary N) is 1. The van der Waals surface area contributed by atoms with E-state index >= 15 is 0 Å². The zero-order chi connectivity index (χ0) is 14.8. The van der Waals surface area contributed by atoms with Crippen molar-refractivity contribution in [3.63, 3.8) is 0 Å². The molecule has 0 radical (unpaired) electrons. The summed E-state index contributed by atoms with van der Waals surface area (Å²) in [6, 6.07) is 5.60. The first-order valence-electron chi connectivity index (χ1n) is 6.43. The predicted octanol–water partition coefficient (Wildman–Crippen LogP) is 2.13. The lowest BCUT2D eigenvalue weighted by molar-refractivity contribution is -0.145. The number of hydrogen-bond donors (Lipinski definition) is 1. The van der Waals surface area contributed by atoms with Crippen molar-refractivity contribution in [3.8, 4) is 5.75 Å². The molecule has 0 aliphatic carbocycles. The van der Waals surface area contributed by atoms with Crippen LogP contribution in [0.3, 0.4) is 0 Å². The number of carbonyl (C=O) groups excluding carboxylic acids is 1. The van der Waals surface area contributed by atoms with Gasteiger partial charge in [0.1, 0.15) is 5.75 Å². The highest BCUT2D eigenvalue weighted by molar-refractivity contribution is 9.10. The summed E-state index contributed by atoms with van der Waals surface area (Å²) in [7, 11) is 1.67. The Kier molecular flexibility index (Phi) is 8.25. The van der Waals surface area contributed by atoms with E-state index in [9.17, 15) is 4.79 Å². The van der Waals surface area contributed by atoms with Crippen LogP contribution < -0.4 is 10.1 Å². The third-order valence-corrected chi connectivity index (χ3v) is 3.25. The van der Waals surface area contributed by atoms with Gasteiger partial charge in [0.2, 0.25) is 0 Å². The Morgan fingerprint density at radius 3 is 2.90 bits per heavy atom. The minimum atomic E-state index is -0.366. The summed E-state index contributed by atoms with van der Waals surface area (Å²) in [4.78, 5) is 11.2. The molecule has 1 rings (SSSR count). The normalized spacial score (nSPS) is 10.3. The Hall–Kier alpha value is -1.11. The first-order valence-corrected chi connectivity index (χ1v) is 7.23. The van der Waals surface area contributed by atoms with E-state index in [1.807, 2.05) is 18.2 Å². The molecule has 20 heavy (non-hydrogen) atoms. The minimum Gasteiger partial charge on any atom is -0.482 e. The van der Waals surface area contributed by atoms with E-state index in [-0.39, 0.29) is 12.6 Å². The molecule has 0 aromatic heterocycles. The fourth-order valence-corrected chi connectivity index (χ4v) is 1.91. The molecule has 0 atom stereocenters. The van der Waals surface area contributed by atoms with Crippen molar-refractivity contribution in [1.82, 2.24) is 5.32 Å². The summed E-state index contributed by atoms with van der Waals surface area (Å²) in [5, 5.41) is 3.25. The summed E-state index contributed by atoms with van der Waals surface area (Å²) in [5.74, 6) is 0.278. The smallest absolute Gasteiger partial charge is 0.344 e. The van der Waals surface area contributed by atoms with Gasteiger partial charge in [-0.2, -0.15) is 0 Å². The lowest BCUT2D eigenvalue weighted by Gasteiger charge is -2.10. The van der Waals surface area contributed by atoms with Crippen molar-refractivity contribution in [3.05, 3.63) is 28.2 Å². The molecule has 0 heterocycles. The van der Waals surface area contributed by atoms with Gasteiger partial charge in [0.05, 0.1) is 13.2 Å². The Morgan fingerprint density at radius 2 is 2.20 bits per heavy atom. The lowest BCUT2D eigenvalue weighted by Crippen LogP contribution is -2.19. The molecule has 1 aromatic carbocycles. The van der Waals surface area contributed by atoms with Crippen LogP contribution in [0.5, 0.6) is 5.75 Å². The minimum absolute atomic E-state index is 0.0774. The average molecular weight is 346 g/mol. The Labute approximate surface area is 127 Å². The van der Waals surface area contributed by atoms with Gasteiger partial charge < -0.3 is 19.5 Å². The second-order valence-corrected chi connectivity index (χ2v) is 4.87. The quantitative estimate of drug-likeness (QED) is 0.548. The van der Waals surface area contributed by atoms with Crippen molar-refractivity contribution in [1.29, 1.82) is 0 Å². The standard InChI is InChI=1S/C14H20BrNO4/c1-3-19-14(17)10-20-12-4-5-13(15)11(8-12)9-16-6-7-18-2/h4-5,8,16H,3,6-7,9-10H2,1-2H3. The number of esters is 1. The SMILES string of the molecule is CCOC(=O)COc1ccc(Br)c(CNCCOC)c1. The topological polar surface area (TPSA) is 56.8 Å². The average Bonchev–Trinajstić information content (AvgIpc) is 2.44. The van der Waals surface area contributed by atoms with E-state index in [0.29, 0.717) is 25.5 Å². The highest BCUT2D eigenvalue weighted by Crippen LogP contribution is 2.22. The molecule has 112 valence electrons. The summed E-state index contributed by atoms with van der Waals surface area (Å²) < 4.78 is 16.2. The second kappa shape index (κ2) is 9.74. The monoisotopic (exact) mass is 345 g/mol. The predicted molar refractivity (Wildman–Crippen MR) is 79.9 cm³/mol. The molecule has 0 saturated heterocycles. The number of halogens is 1. The Balaban J connectivity index is 2.50. The summed E-state index contributed by atoms with van der Waals surface area (Å²) in [5.41, 5.74) is 1.06. The Morgan fingerprint density at radius 1 is 1.40 bits per heavy atom. The van der Waals surface area contributed by atoms with Crippen LogP contribution in [0, 0.1) is 0 Å². The summed E-state index contributed by atoms with van der Waals surface area (Å²) in [6.45, 7) is 4.18. The maximum absolute atomic E-state index is 11.2. The van der Waals surface area contributed by atoms with Crippen LogP contribution >= 0.6 is 15.9 Å². The van der Waals surface area contributed by atoms with E-state index in [2.05, 4.69) is 21.2 Å². The van der Waals surface area contributed by atoms with Crippen molar-refractivity contribution >= 4 is 21.9 Å². The van der Waals surface area contributed by atoms with E-state index in [1.165, 1.54) is 0 Å². The van der Waals surface area contributed by atoms with Crippen LogP contribution in [0.25, 0.3) is 0 Å². The Bertz CT molecular complexity index is 426. The number of hydrogen-bond acceptors (Lipinski definition) is 5. The number of methoxy groups -OCH3 is 1. The van der Waals surface area contributed by atoms with Crippen molar-refractivity contribution in [2.45, 2.75) is 13.5 Å². The van der Waals surface area contributed by atoms with Crippen molar-refractivity contribution < 1.29 is 19.0 Å². The van der Waals surface area contributed by atoms with Gasteiger partial charge >= 0.3 is 5.97 Å². The van der Waals surface area contributed by atoms with Gasteiger partial charge in [-0.25, -0.2) is 4.79 Å². The van der Waals surface area contributed by atoms with Crippen molar-refractivity contribution in [2.24, 2.45) is 0 Å². The second-order valence-electron chi connectivity index (χ2n) is 4.02. The number of rotatable bonds is 9. The van der Waals surface area contributed by atoms with Crippen LogP contribution in [-0.4, -0.2) is 39.4 Å². The largest absolute Gasteiger partial charge is 0.482 e. The highest BCUT2D eigenvalue weighted by atomic mass is 79.9. The first kappa shape index (κ1) is 16.9. The number of ether oxygens (including phenoxy) is 3. The first-order chi connectivity index (χ1) is 9.67. The van der Waals surface area contributed by atoms with Crippen LogP contribution in [0.2, 0.25) is 0 Å². The van der Waals surface area contributed by atoms with E-state index in [0.717, 1.165) is 16.6 Å². The third kappa shape index (κ3) is 6.36. The van der Waals surface area contributed by atoms with Crippen LogP contribution in [0.15, 0.2) is 22.7 Å². The molecule has 1 N–H and O–H groups in total. The van der Waals surface area contributed by atoms with Gasteiger partial charge in [-0.3, -0.25) is 0 Å². The fraction of sp³-hybridized carbons (Fsp3) is 0.500. The van der Waals surface area contributed by atoms with Gasteiger partial charge in [-0.15, -0.1) is 0 Å². The molecule has 0 bridgehead atoms. The molecule has 6 heteroatoms. The fourth-order valence-electron chi connectivity index (χ4n) is 1.52. The van der Waals surface area contributed by atoms with Gasteiger partial charge in [-0.1, -0.05) is 15.9 Å². The molecule has 0 spiro atoms. The van der Waals surface area contributed by atoms with Gasteiger partial charge in [-0.05, 0) is 30.7 Å². The number of benzene rings is 1. The van der Waals surface area contributed by atoms with Gasteiger partial charge in [0, 0.05) is 24.7 Å².